The van der Waals surface area contributed by atoms with Gasteiger partial charge in [-0.2, -0.15) is 0 Å². The van der Waals surface area contributed by atoms with E-state index in [4.69, 9.17) is 5.11 Å². The van der Waals surface area contributed by atoms with Gasteiger partial charge in [0, 0.05) is 6.42 Å². The second-order valence-corrected chi connectivity index (χ2v) is 8.43. The van der Waals surface area contributed by atoms with Gasteiger partial charge in [-0.15, -0.1) is 0 Å². The van der Waals surface area contributed by atoms with E-state index in [0.717, 1.165) is 56.9 Å². The first kappa shape index (κ1) is 22.7. The van der Waals surface area contributed by atoms with Crippen molar-refractivity contribution in [1.82, 2.24) is 0 Å². The maximum atomic E-state index is 10.6. The molecule has 0 bridgehead atoms. The summed E-state index contributed by atoms with van der Waals surface area (Å²) in [5, 5.41) is 19.1. The van der Waals surface area contributed by atoms with Crippen LogP contribution in [-0.4, -0.2) is 16.2 Å². The lowest BCUT2D eigenvalue weighted by Gasteiger charge is -2.22. The highest BCUT2D eigenvalue weighted by Gasteiger charge is 2.30. The number of aliphatic carboxylic acids is 1. The second-order valence-electron chi connectivity index (χ2n) is 8.43. The molecular weight excluding hydrogens is 348 g/mol. The summed E-state index contributed by atoms with van der Waals surface area (Å²) in [4.78, 5) is 10.6. The maximum Gasteiger partial charge on any atom is 0.303 e. The summed E-state index contributed by atoms with van der Waals surface area (Å²) in [6.45, 7) is 6.50. The Morgan fingerprint density at radius 2 is 1.82 bits per heavy atom. The zero-order chi connectivity index (χ0) is 20.4. The standard InChI is InChI=1S/C25H38O3/c1-3-4-7-11-24(26)21-16-14-20(15-17-21)23-18-13-19(2)22(23)10-8-5-6-9-12-25(27)28/h14-17,22-24,26H,2-13,18H2,1H3,(H,27,28)/t22-,23+,24-/m0/s1. The highest BCUT2D eigenvalue weighted by molar-refractivity contribution is 5.66. The molecule has 1 fully saturated rings. The van der Waals surface area contributed by atoms with E-state index in [0.29, 0.717) is 11.8 Å². The Hall–Kier alpha value is -1.61. The van der Waals surface area contributed by atoms with Crippen LogP contribution in [0.3, 0.4) is 0 Å². The van der Waals surface area contributed by atoms with Gasteiger partial charge in [0.1, 0.15) is 0 Å². The summed E-state index contributed by atoms with van der Waals surface area (Å²) < 4.78 is 0. The van der Waals surface area contributed by atoms with Crippen molar-refractivity contribution in [2.24, 2.45) is 5.92 Å². The van der Waals surface area contributed by atoms with Gasteiger partial charge >= 0.3 is 5.97 Å². The molecule has 2 N–H and O–H groups in total. The van der Waals surface area contributed by atoms with Gasteiger partial charge in [-0.05, 0) is 55.1 Å². The topological polar surface area (TPSA) is 57.5 Å². The molecule has 1 aliphatic rings. The number of aliphatic hydroxyl groups excluding tert-OH is 1. The Labute approximate surface area is 170 Å². The zero-order valence-corrected chi connectivity index (χ0v) is 17.5. The molecule has 1 aromatic rings. The number of hydrogen-bond donors (Lipinski definition) is 2. The summed E-state index contributed by atoms with van der Waals surface area (Å²) in [5.74, 6) is 0.390. The van der Waals surface area contributed by atoms with E-state index in [1.165, 1.54) is 30.4 Å². The van der Waals surface area contributed by atoms with Gasteiger partial charge < -0.3 is 10.2 Å². The first-order valence-electron chi connectivity index (χ1n) is 11.2. The molecular formula is C25H38O3. The van der Waals surface area contributed by atoms with Gasteiger partial charge in [-0.3, -0.25) is 4.79 Å². The Kier molecular flexibility index (Phi) is 9.77. The Morgan fingerprint density at radius 1 is 1.11 bits per heavy atom. The van der Waals surface area contributed by atoms with Crippen molar-refractivity contribution < 1.29 is 15.0 Å². The maximum absolute atomic E-state index is 10.6. The predicted octanol–water partition coefficient (Wildman–Crippen LogP) is 6.78. The van der Waals surface area contributed by atoms with Crippen LogP contribution in [0, 0.1) is 5.92 Å². The lowest BCUT2D eigenvalue weighted by Crippen LogP contribution is -2.08. The van der Waals surface area contributed by atoms with Crippen molar-refractivity contribution in [2.75, 3.05) is 0 Å². The van der Waals surface area contributed by atoms with Crippen LogP contribution >= 0.6 is 0 Å². The number of allylic oxidation sites excluding steroid dienone is 1. The Morgan fingerprint density at radius 3 is 2.50 bits per heavy atom. The lowest BCUT2D eigenvalue weighted by molar-refractivity contribution is -0.137. The zero-order valence-electron chi connectivity index (χ0n) is 17.5. The van der Waals surface area contributed by atoms with Crippen LogP contribution < -0.4 is 0 Å². The second kappa shape index (κ2) is 12.1. The molecule has 0 amide bonds. The molecule has 3 heteroatoms. The third kappa shape index (κ3) is 7.09. The van der Waals surface area contributed by atoms with Crippen molar-refractivity contribution in [1.29, 1.82) is 0 Å². The van der Waals surface area contributed by atoms with Gasteiger partial charge in [0.25, 0.3) is 0 Å². The van der Waals surface area contributed by atoms with Crippen molar-refractivity contribution in [3.8, 4) is 0 Å². The van der Waals surface area contributed by atoms with Crippen LogP contribution in [0.2, 0.25) is 0 Å². The summed E-state index contributed by atoms with van der Waals surface area (Å²) in [6, 6.07) is 8.63. The van der Waals surface area contributed by atoms with Gasteiger partial charge in [0.05, 0.1) is 6.10 Å². The number of hydrogen-bond acceptors (Lipinski definition) is 2. The summed E-state index contributed by atoms with van der Waals surface area (Å²) in [5.41, 5.74) is 3.78. The third-order valence-electron chi connectivity index (χ3n) is 6.27. The first-order chi connectivity index (χ1) is 13.5. The number of rotatable bonds is 13. The molecule has 0 heterocycles. The molecule has 3 atom stereocenters. The van der Waals surface area contributed by atoms with Crippen molar-refractivity contribution >= 4 is 5.97 Å². The molecule has 0 spiro atoms. The number of carbonyl (C=O) groups is 1. The SMILES string of the molecule is C=C1CC[C@H](c2ccc([C@@H](O)CCCCC)cc2)[C@H]1CCCCCCC(=O)O. The van der Waals surface area contributed by atoms with E-state index in [2.05, 4.69) is 37.8 Å². The van der Waals surface area contributed by atoms with Crippen LogP contribution in [0.25, 0.3) is 0 Å². The minimum absolute atomic E-state index is 0.287. The summed E-state index contributed by atoms with van der Waals surface area (Å²) in [6.07, 6.45) is 11.7. The summed E-state index contributed by atoms with van der Waals surface area (Å²) >= 11 is 0. The fraction of sp³-hybridized carbons (Fsp3) is 0.640. The minimum atomic E-state index is -0.692. The molecule has 0 aliphatic heterocycles. The molecule has 0 unspecified atom stereocenters. The number of aliphatic hydroxyl groups is 1. The average Bonchev–Trinajstić information content (AvgIpc) is 3.05. The number of carboxylic acids is 1. The van der Waals surface area contributed by atoms with E-state index >= 15 is 0 Å². The number of benzene rings is 1. The van der Waals surface area contributed by atoms with Gasteiger partial charge in [-0.25, -0.2) is 0 Å². The van der Waals surface area contributed by atoms with Crippen LogP contribution in [0.15, 0.2) is 36.4 Å². The number of unbranched alkanes of at least 4 members (excludes halogenated alkanes) is 5. The Balaban J connectivity index is 1.84. The number of carboxylic acid groups (broad SMARTS) is 1. The monoisotopic (exact) mass is 386 g/mol. The molecule has 0 aromatic heterocycles. The highest BCUT2D eigenvalue weighted by Crippen LogP contribution is 2.45. The fourth-order valence-electron chi connectivity index (χ4n) is 4.53. The largest absolute Gasteiger partial charge is 0.481 e. The minimum Gasteiger partial charge on any atom is -0.481 e. The molecule has 1 aromatic carbocycles. The van der Waals surface area contributed by atoms with Gasteiger partial charge in [0.15, 0.2) is 0 Å². The molecule has 0 saturated heterocycles. The quantitative estimate of drug-likeness (QED) is 0.290. The average molecular weight is 387 g/mol. The normalized spacial score (nSPS) is 20.4. The Bertz CT molecular complexity index is 605. The highest BCUT2D eigenvalue weighted by atomic mass is 16.4. The molecule has 156 valence electrons. The van der Waals surface area contributed by atoms with Gasteiger partial charge in [-0.1, -0.05) is 81.9 Å². The van der Waals surface area contributed by atoms with Crippen LogP contribution in [0.4, 0.5) is 0 Å². The molecule has 1 saturated carbocycles. The van der Waals surface area contributed by atoms with Crippen molar-refractivity contribution in [3.05, 3.63) is 47.5 Å². The van der Waals surface area contributed by atoms with Crippen LogP contribution in [-0.2, 0) is 4.79 Å². The fourth-order valence-corrected chi connectivity index (χ4v) is 4.53. The molecule has 28 heavy (non-hydrogen) atoms. The van der Waals surface area contributed by atoms with Gasteiger partial charge in [0.2, 0.25) is 0 Å². The van der Waals surface area contributed by atoms with Crippen LogP contribution in [0.1, 0.15) is 107 Å². The molecule has 0 radical (unpaired) electrons. The van der Waals surface area contributed by atoms with E-state index in [-0.39, 0.29) is 12.5 Å². The van der Waals surface area contributed by atoms with E-state index < -0.39 is 5.97 Å². The predicted molar refractivity (Wildman–Crippen MR) is 115 cm³/mol. The lowest BCUT2D eigenvalue weighted by atomic mass is 9.83. The smallest absolute Gasteiger partial charge is 0.303 e. The first-order valence-corrected chi connectivity index (χ1v) is 11.2. The van der Waals surface area contributed by atoms with Crippen molar-refractivity contribution in [2.45, 2.75) is 96.0 Å². The summed E-state index contributed by atoms with van der Waals surface area (Å²) in [7, 11) is 0. The van der Waals surface area contributed by atoms with E-state index in [9.17, 15) is 9.90 Å². The van der Waals surface area contributed by atoms with Crippen molar-refractivity contribution in [3.63, 3.8) is 0 Å². The van der Waals surface area contributed by atoms with E-state index in [1.807, 2.05) is 0 Å². The third-order valence-corrected chi connectivity index (χ3v) is 6.27. The van der Waals surface area contributed by atoms with Crippen LogP contribution in [0.5, 0.6) is 0 Å². The van der Waals surface area contributed by atoms with E-state index in [1.54, 1.807) is 0 Å². The molecule has 1 aliphatic carbocycles. The molecule has 3 nitrogen and oxygen atoms in total. The molecule has 2 rings (SSSR count).